The fourth-order valence-electron chi connectivity index (χ4n) is 2.82. The molecule has 4 aromatic rings. The lowest BCUT2D eigenvalue weighted by molar-refractivity contribution is 0.0873. The highest BCUT2D eigenvalue weighted by molar-refractivity contribution is 5.76. The van der Waals surface area contributed by atoms with Crippen molar-refractivity contribution in [2.45, 2.75) is 12.6 Å². The van der Waals surface area contributed by atoms with E-state index in [1.54, 1.807) is 48.5 Å². The average Bonchev–Trinajstić information content (AvgIpc) is 2.76. The molecule has 1 unspecified atom stereocenters. The summed E-state index contributed by atoms with van der Waals surface area (Å²) in [6.07, 6.45) is -0.914. The number of benzene rings is 3. The number of rotatable bonds is 7. The lowest BCUT2D eigenvalue weighted by Crippen LogP contribution is -2.32. The molecular weight excluding hydrogens is 370 g/mol. The highest BCUT2D eigenvalue weighted by Crippen LogP contribution is 2.23. The van der Waals surface area contributed by atoms with Crippen molar-refractivity contribution in [1.82, 2.24) is 15.0 Å². The molecule has 0 saturated carbocycles. The Morgan fingerprint density at radius 3 is 2.31 bits per heavy atom. The van der Waals surface area contributed by atoms with Gasteiger partial charge in [0.15, 0.2) is 0 Å². The van der Waals surface area contributed by atoms with Gasteiger partial charge < -0.3 is 14.6 Å². The summed E-state index contributed by atoms with van der Waals surface area (Å²) in [5, 5.41) is 18.6. The summed E-state index contributed by atoms with van der Waals surface area (Å²) in [5.74, 6) is 2.02. The first kappa shape index (κ1) is 18.6. The number of fused-ring (bicyclic) bond motifs is 1. The van der Waals surface area contributed by atoms with Crippen molar-refractivity contribution < 1.29 is 14.6 Å². The van der Waals surface area contributed by atoms with E-state index < -0.39 is 6.10 Å². The van der Waals surface area contributed by atoms with E-state index in [-0.39, 0.29) is 18.7 Å². The molecule has 7 nitrogen and oxygen atoms in total. The summed E-state index contributed by atoms with van der Waals surface area (Å²) >= 11 is 0. The molecule has 29 heavy (non-hydrogen) atoms. The maximum Gasteiger partial charge on any atom is 0.277 e. The largest absolute Gasteiger partial charge is 0.491 e. The Kier molecular flexibility index (Phi) is 5.49. The van der Waals surface area contributed by atoms with E-state index in [1.165, 1.54) is 0 Å². The number of ether oxygens (including phenoxy) is 2. The van der Waals surface area contributed by atoms with Gasteiger partial charge in [-0.05, 0) is 48.5 Å². The third-order valence-electron chi connectivity index (χ3n) is 4.26. The Morgan fingerprint density at radius 2 is 1.52 bits per heavy atom. The number of nitrogens with zero attached hydrogens (tertiary/aromatic N) is 3. The van der Waals surface area contributed by atoms with Crippen molar-refractivity contribution in [3.63, 3.8) is 0 Å². The van der Waals surface area contributed by atoms with Crippen molar-refractivity contribution in [1.29, 1.82) is 0 Å². The zero-order valence-electron chi connectivity index (χ0n) is 15.5. The molecule has 1 atom stereocenters. The number of aliphatic hydroxyl groups is 1. The van der Waals surface area contributed by atoms with Crippen LogP contribution in [0.25, 0.3) is 10.9 Å². The minimum Gasteiger partial charge on any atom is -0.491 e. The summed E-state index contributed by atoms with van der Waals surface area (Å²) < 4.78 is 12.5. The smallest absolute Gasteiger partial charge is 0.277 e. The minimum absolute atomic E-state index is 0.00807. The first-order chi connectivity index (χ1) is 14.2. The highest BCUT2D eigenvalue weighted by Gasteiger charge is 2.11. The van der Waals surface area contributed by atoms with E-state index in [0.29, 0.717) is 22.4 Å². The van der Waals surface area contributed by atoms with Crippen molar-refractivity contribution in [2.75, 3.05) is 6.61 Å². The summed E-state index contributed by atoms with van der Waals surface area (Å²) in [7, 11) is 0. The quantitative estimate of drug-likeness (QED) is 0.523. The van der Waals surface area contributed by atoms with Gasteiger partial charge in [-0.2, -0.15) is 0 Å². The van der Waals surface area contributed by atoms with Crippen LogP contribution in [0.3, 0.4) is 0 Å². The van der Waals surface area contributed by atoms with E-state index in [1.807, 2.05) is 30.3 Å². The molecule has 0 aliphatic carbocycles. The molecule has 0 saturated heterocycles. The molecule has 0 aliphatic heterocycles. The van der Waals surface area contributed by atoms with Crippen LogP contribution >= 0.6 is 0 Å². The number of hydrogen-bond acceptors (Lipinski definition) is 6. The summed E-state index contributed by atoms with van der Waals surface area (Å²) in [6.45, 7) is 0.00566. The van der Waals surface area contributed by atoms with Gasteiger partial charge in [-0.25, -0.2) is 4.68 Å². The molecule has 7 heteroatoms. The lowest BCUT2D eigenvalue weighted by atomic mass is 10.2. The maximum absolute atomic E-state index is 12.4. The van der Waals surface area contributed by atoms with Crippen LogP contribution in [-0.4, -0.2) is 32.8 Å². The van der Waals surface area contributed by atoms with Crippen LogP contribution in [0, 0.1) is 0 Å². The van der Waals surface area contributed by atoms with Gasteiger partial charge in [-0.1, -0.05) is 35.5 Å². The first-order valence-corrected chi connectivity index (χ1v) is 9.15. The first-order valence-electron chi connectivity index (χ1n) is 9.15. The van der Waals surface area contributed by atoms with Gasteiger partial charge in [-0.15, -0.1) is 5.10 Å². The summed E-state index contributed by atoms with van der Waals surface area (Å²) in [6, 6.07) is 23.5. The van der Waals surface area contributed by atoms with Gasteiger partial charge in [0.1, 0.15) is 35.5 Å². The Bertz CT molecular complexity index is 1140. The van der Waals surface area contributed by atoms with Gasteiger partial charge in [0.05, 0.1) is 11.9 Å². The van der Waals surface area contributed by atoms with Crippen LogP contribution in [0.2, 0.25) is 0 Å². The molecule has 3 aromatic carbocycles. The second kappa shape index (κ2) is 8.53. The van der Waals surface area contributed by atoms with Crippen LogP contribution in [0.15, 0.2) is 83.7 Å². The third kappa shape index (κ3) is 4.59. The zero-order chi connectivity index (χ0) is 20.1. The van der Waals surface area contributed by atoms with E-state index in [4.69, 9.17) is 9.47 Å². The third-order valence-corrected chi connectivity index (χ3v) is 4.26. The Balaban J connectivity index is 1.34. The predicted molar refractivity (Wildman–Crippen MR) is 108 cm³/mol. The fourth-order valence-corrected chi connectivity index (χ4v) is 2.82. The van der Waals surface area contributed by atoms with Gasteiger partial charge in [-0.3, -0.25) is 4.79 Å². The van der Waals surface area contributed by atoms with Gasteiger partial charge >= 0.3 is 0 Å². The van der Waals surface area contributed by atoms with Crippen LogP contribution in [0.1, 0.15) is 0 Å². The van der Waals surface area contributed by atoms with Crippen molar-refractivity contribution in [2.24, 2.45) is 0 Å². The molecule has 0 bridgehead atoms. The topological polar surface area (TPSA) is 86.5 Å². The number of aliphatic hydroxyl groups excluding tert-OH is 1. The predicted octanol–water partition coefficient (Wildman–Crippen LogP) is 3.02. The van der Waals surface area contributed by atoms with Gasteiger partial charge in [0, 0.05) is 0 Å². The van der Waals surface area contributed by atoms with E-state index in [9.17, 15) is 9.90 Å². The lowest BCUT2D eigenvalue weighted by Gasteiger charge is -2.13. The normalized spacial score (nSPS) is 11.9. The molecule has 4 rings (SSSR count). The fraction of sp³-hybridized carbons (Fsp3) is 0.136. The minimum atomic E-state index is -0.914. The van der Waals surface area contributed by atoms with E-state index >= 15 is 0 Å². The number of para-hydroxylation sites is 1. The molecule has 0 amide bonds. The number of aromatic nitrogens is 3. The van der Waals surface area contributed by atoms with Crippen molar-refractivity contribution in [3.8, 4) is 17.2 Å². The van der Waals surface area contributed by atoms with Gasteiger partial charge in [0.2, 0.25) is 0 Å². The van der Waals surface area contributed by atoms with E-state index in [2.05, 4.69) is 10.3 Å². The van der Waals surface area contributed by atoms with Crippen molar-refractivity contribution in [3.05, 3.63) is 89.2 Å². The molecule has 0 fully saturated rings. The average molecular weight is 389 g/mol. The van der Waals surface area contributed by atoms with E-state index in [0.717, 1.165) is 10.4 Å². The zero-order valence-corrected chi connectivity index (χ0v) is 15.5. The standard InChI is InChI=1S/C22H19N3O4/c26-16(14-25-22(27)20-8-4-5-9-21(20)23-24-25)15-28-17-10-12-19(13-11-17)29-18-6-2-1-3-7-18/h1-13,16,26H,14-15H2. The summed E-state index contributed by atoms with van der Waals surface area (Å²) in [5.41, 5.74) is 0.231. The summed E-state index contributed by atoms with van der Waals surface area (Å²) in [4.78, 5) is 12.4. The second-order valence-electron chi connectivity index (χ2n) is 6.45. The van der Waals surface area contributed by atoms with Crippen LogP contribution < -0.4 is 15.0 Å². The van der Waals surface area contributed by atoms with Gasteiger partial charge in [0.25, 0.3) is 5.56 Å². The Morgan fingerprint density at radius 1 is 0.862 bits per heavy atom. The number of hydrogen-bond donors (Lipinski definition) is 1. The molecule has 0 radical (unpaired) electrons. The molecular formula is C22H19N3O4. The second-order valence-corrected chi connectivity index (χ2v) is 6.45. The SMILES string of the molecule is O=c1c2ccccc2nnn1CC(O)COc1ccc(Oc2ccccc2)cc1. The highest BCUT2D eigenvalue weighted by atomic mass is 16.5. The Hall–Kier alpha value is -3.71. The van der Waals surface area contributed by atoms with Crippen molar-refractivity contribution >= 4 is 10.9 Å². The molecule has 1 N–H and O–H groups in total. The Labute approximate surface area is 166 Å². The molecule has 146 valence electrons. The molecule has 0 aliphatic rings. The molecule has 1 heterocycles. The molecule has 0 spiro atoms. The van der Waals surface area contributed by atoms with Crippen LogP contribution in [0.4, 0.5) is 0 Å². The van der Waals surface area contributed by atoms with Crippen LogP contribution in [0.5, 0.6) is 17.2 Å². The maximum atomic E-state index is 12.4. The van der Waals surface area contributed by atoms with Crippen LogP contribution in [-0.2, 0) is 6.54 Å². The monoisotopic (exact) mass is 389 g/mol. The molecule has 1 aromatic heterocycles.